The van der Waals surface area contributed by atoms with E-state index in [2.05, 4.69) is 15.2 Å². The van der Waals surface area contributed by atoms with Gasteiger partial charge in [-0.15, -0.1) is 0 Å². The minimum absolute atomic E-state index is 0.163. The number of benzene rings is 1. The maximum atomic E-state index is 13.4. The molecule has 31 heavy (non-hydrogen) atoms. The molecule has 5 rings (SSSR count). The quantitative estimate of drug-likeness (QED) is 0.485. The first kappa shape index (κ1) is 19.3. The largest absolute Gasteiger partial charge is 0.433 e. The second kappa shape index (κ2) is 6.66. The van der Waals surface area contributed by atoms with Crippen molar-refractivity contribution in [1.82, 2.24) is 24.5 Å². The smallest absolute Gasteiger partial charge is 0.303 e. The molecule has 0 bridgehead atoms. The van der Waals surface area contributed by atoms with Gasteiger partial charge in [0.05, 0.1) is 35.8 Å². The van der Waals surface area contributed by atoms with Crippen molar-refractivity contribution in [1.29, 1.82) is 0 Å². The Labute approximate surface area is 174 Å². The number of aryl methyl sites for hydroxylation is 1. The van der Waals surface area contributed by atoms with Crippen LogP contribution in [0.25, 0.3) is 22.0 Å². The van der Waals surface area contributed by atoms with Crippen molar-refractivity contribution >= 4 is 22.5 Å². The normalized spacial score (nSPS) is 16.7. The lowest BCUT2D eigenvalue weighted by Crippen LogP contribution is -2.42. The van der Waals surface area contributed by atoms with Crippen LogP contribution in [0, 0.1) is 0 Å². The van der Waals surface area contributed by atoms with Gasteiger partial charge < -0.3 is 4.90 Å². The zero-order valence-electron chi connectivity index (χ0n) is 16.6. The summed E-state index contributed by atoms with van der Waals surface area (Å²) in [4.78, 5) is 18.3. The number of carbonyl (C=O) groups excluding carboxylic acids is 1. The first-order chi connectivity index (χ1) is 14.7. The van der Waals surface area contributed by atoms with Crippen LogP contribution in [0.2, 0.25) is 0 Å². The van der Waals surface area contributed by atoms with E-state index >= 15 is 0 Å². The van der Waals surface area contributed by atoms with Gasteiger partial charge in [0.1, 0.15) is 11.4 Å². The highest BCUT2D eigenvalue weighted by atomic mass is 19.4. The molecule has 3 aromatic heterocycles. The number of hydrogen-bond acceptors (Lipinski definition) is 4. The molecule has 4 aromatic rings. The second-order valence-electron chi connectivity index (χ2n) is 7.56. The first-order valence-electron chi connectivity index (χ1n) is 9.59. The van der Waals surface area contributed by atoms with Gasteiger partial charge in [-0.3, -0.25) is 14.2 Å². The summed E-state index contributed by atoms with van der Waals surface area (Å²) in [7, 11) is 1.84. The van der Waals surface area contributed by atoms with Gasteiger partial charge in [0, 0.05) is 24.5 Å². The van der Waals surface area contributed by atoms with Crippen molar-refractivity contribution < 1.29 is 18.0 Å². The molecule has 0 spiro atoms. The van der Waals surface area contributed by atoms with E-state index in [0.29, 0.717) is 16.9 Å². The van der Waals surface area contributed by atoms with E-state index < -0.39 is 11.9 Å². The van der Waals surface area contributed by atoms with Crippen LogP contribution in [-0.2, 0) is 13.2 Å². The average Bonchev–Trinajstić information content (AvgIpc) is 3.35. The maximum Gasteiger partial charge on any atom is 0.433 e. The first-order valence-corrected chi connectivity index (χ1v) is 9.59. The standard InChI is InChI=1S/C21H17F3N6O/c1-12-11-29(15-5-6-18(25-9-15)21(22,23)24)20(31)19-16(10-27-30(12)19)13-3-4-14-8-26-28(2)17(14)7-13/h3-10,12H,11H2,1-2H3/t12-/m0/s1. The Bertz CT molecular complexity index is 1310. The number of pyridine rings is 1. The lowest BCUT2D eigenvalue weighted by Gasteiger charge is -2.32. The molecule has 1 aromatic carbocycles. The van der Waals surface area contributed by atoms with Crippen LogP contribution in [0.1, 0.15) is 29.1 Å². The van der Waals surface area contributed by atoms with Gasteiger partial charge in [0.25, 0.3) is 5.91 Å². The fraction of sp³-hybridized carbons (Fsp3) is 0.238. The molecule has 0 radical (unpaired) electrons. The summed E-state index contributed by atoms with van der Waals surface area (Å²) >= 11 is 0. The van der Waals surface area contributed by atoms with E-state index in [1.54, 1.807) is 21.8 Å². The van der Waals surface area contributed by atoms with E-state index in [0.717, 1.165) is 28.7 Å². The average molecular weight is 426 g/mol. The Morgan fingerprint density at radius 2 is 1.87 bits per heavy atom. The number of rotatable bonds is 2. The number of aromatic nitrogens is 5. The number of halogens is 3. The van der Waals surface area contributed by atoms with Crippen molar-refractivity contribution in [3.8, 4) is 11.1 Å². The van der Waals surface area contributed by atoms with E-state index in [4.69, 9.17) is 0 Å². The van der Waals surface area contributed by atoms with Crippen LogP contribution in [0.5, 0.6) is 0 Å². The Balaban J connectivity index is 1.57. The number of amides is 1. The van der Waals surface area contributed by atoms with Crippen molar-refractivity contribution in [2.45, 2.75) is 19.1 Å². The number of anilines is 1. The van der Waals surface area contributed by atoms with Crippen LogP contribution in [0.3, 0.4) is 0 Å². The predicted octanol–water partition coefficient (Wildman–Crippen LogP) is 4.07. The molecule has 1 atom stereocenters. The molecule has 1 aliphatic rings. The molecule has 0 saturated carbocycles. The van der Waals surface area contributed by atoms with Crippen LogP contribution in [0.4, 0.5) is 18.9 Å². The lowest BCUT2D eigenvalue weighted by molar-refractivity contribution is -0.141. The molecule has 10 heteroatoms. The van der Waals surface area contributed by atoms with Gasteiger partial charge in [-0.05, 0) is 30.7 Å². The van der Waals surface area contributed by atoms with Crippen molar-refractivity contribution in [2.75, 3.05) is 11.4 Å². The van der Waals surface area contributed by atoms with Crippen LogP contribution < -0.4 is 4.90 Å². The molecular formula is C21H17F3N6O. The number of carbonyl (C=O) groups is 1. The summed E-state index contributed by atoms with van der Waals surface area (Å²) in [5.41, 5.74) is 2.09. The fourth-order valence-electron chi connectivity index (χ4n) is 3.92. The topological polar surface area (TPSA) is 68.8 Å². The van der Waals surface area contributed by atoms with Crippen LogP contribution in [0.15, 0.2) is 48.9 Å². The third kappa shape index (κ3) is 3.06. The summed E-state index contributed by atoms with van der Waals surface area (Å²) in [5, 5.41) is 9.63. The minimum atomic E-state index is -4.53. The molecular weight excluding hydrogens is 409 g/mol. The molecule has 1 amide bonds. The number of alkyl halides is 3. The van der Waals surface area contributed by atoms with Crippen LogP contribution >= 0.6 is 0 Å². The minimum Gasteiger partial charge on any atom is -0.303 e. The SMILES string of the molecule is C[C@H]1CN(c2ccc(C(F)(F)F)nc2)C(=O)c2c(-c3ccc4cnn(C)c4c3)cnn21. The molecule has 158 valence electrons. The molecule has 0 fully saturated rings. The molecule has 0 aliphatic carbocycles. The van der Waals surface area contributed by atoms with Crippen molar-refractivity contribution in [3.05, 3.63) is 60.3 Å². The van der Waals surface area contributed by atoms with Gasteiger partial charge in [-0.1, -0.05) is 12.1 Å². The van der Waals surface area contributed by atoms with E-state index in [1.807, 2.05) is 32.2 Å². The Kier molecular flexibility index (Phi) is 4.14. The summed E-state index contributed by atoms with van der Waals surface area (Å²) in [6.07, 6.45) is -0.0380. The Morgan fingerprint density at radius 1 is 1.06 bits per heavy atom. The van der Waals surface area contributed by atoms with E-state index in [-0.39, 0.29) is 18.5 Å². The number of nitrogens with zero attached hydrogens (tertiary/aromatic N) is 6. The van der Waals surface area contributed by atoms with E-state index in [9.17, 15) is 18.0 Å². The van der Waals surface area contributed by atoms with Crippen molar-refractivity contribution in [3.63, 3.8) is 0 Å². The van der Waals surface area contributed by atoms with Gasteiger partial charge in [0.15, 0.2) is 0 Å². The van der Waals surface area contributed by atoms with Gasteiger partial charge in [0.2, 0.25) is 0 Å². The van der Waals surface area contributed by atoms with Crippen molar-refractivity contribution in [2.24, 2.45) is 7.05 Å². The van der Waals surface area contributed by atoms with Crippen LogP contribution in [-0.4, -0.2) is 37.0 Å². The number of hydrogen-bond donors (Lipinski definition) is 0. The molecule has 4 heterocycles. The predicted molar refractivity (Wildman–Crippen MR) is 108 cm³/mol. The highest BCUT2D eigenvalue weighted by Crippen LogP contribution is 2.34. The monoisotopic (exact) mass is 426 g/mol. The van der Waals surface area contributed by atoms with Gasteiger partial charge >= 0.3 is 6.18 Å². The molecule has 0 unspecified atom stereocenters. The second-order valence-corrected chi connectivity index (χ2v) is 7.56. The third-order valence-electron chi connectivity index (χ3n) is 5.52. The molecule has 1 aliphatic heterocycles. The zero-order valence-corrected chi connectivity index (χ0v) is 16.6. The lowest BCUT2D eigenvalue weighted by atomic mass is 10.0. The Hall–Kier alpha value is -3.69. The molecule has 0 saturated heterocycles. The molecule has 7 nitrogen and oxygen atoms in total. The highest BCUT2D eigenvalue weighted by molar-refractivity contribution is 6.10. The fourth-order valence-corrected chi connectivity index (χ4v) is 3.92. The summed E-state index contributed by atoms with van der Waals surface area (Å²) in [6.45, 7) is 2.18. The number of fused-ring (bicyclic) bond motifs is 2. The van der Waals surface area contributed by atoms with E-state index in [1.165, 1.54) is 11.0 Å². The summed E-state index contributed by atoms with van der Waals surface area (Å²) < 4.78 is 42.0. The maximum absolute atomic E-state index is 13.4. The highest BCUT2D eigenvalue weighted by Gasteiger charge is 2.35. The third-order valence-corrected chi connectivity index (χ3v) is 5.52. The van der Waals surface area contributed by atoms with Gasteiger partial charge in [-0.2, -0.15) is 23.4 Å². The molecule has 0 N–H and O–H groups in total. The summed E-state index contributed by atoms with van der Waals surface area (Å²) in [5.74, 6) is -0.336. The summed E-state index contributed by atoms with van der Waals surface area (Å²) in [6, 6.07) is 7.76. The zero-order chi connectivity index (χ0) is 21.9. The Morgan fingerprint density at radius 3 is 2.58 bits per heavy atom. The van der Waals surface area contributed by atoms with Gasteiger partial charge in [-0.25, -0.2) is 4.98 Å².